The van der Waals surface area contributed by atoms with Crippen LogP contribution in [0.1, 0.15) is 19.3 Å². The van der Waals surface area contributed by atoms with E-state index in [9.17, 15) is 4.79 Å². The molecule has 0 atom stereocenters. The molecule has 5 heteroatoms. The van der Waals surface area contributed by atoms with Crippen molar-refractivity contribution in [1.82, 2.24) is 10.6 Å². The van der Waals surface area contributed by atoms with Gasteiger partial charge in [0.15, 0.2) is 0 Å². The Morgan fingerprint density at radius 2 is 1.95 bits per heavy atom. The molecule has 0 heterocycles. The Kier molecular flexibility index (Phi) is 8.57. The second kappa shape index (κ2) is 10.0. The molecule has 0 unspecified atom stereocenters. The van der Waals surface area contributed by atoms with Crippen molar-refractivity contribution < 1.29 is 9.53 Å². The zero-order valence-electron chi connectivity index (χ0n) is 11.2. The van der Waals surface area contributed by atoms with Crippen LogP contribution in [0.3, 0.4) is 0 Å². The molecule has 0 spiro atoms. The van der Waals surface area contributed by atoms with Crippen LogP contribution in [0, 0.1) is 3.57 Å². The zero-order chi connectivity index (χ0) is 13.9. The number of rotatable bonds is 9. The molecule has 0 bridgehead atoms. The van der Waals surface area contributed by atoms with Gasteiger partial charge in [0.1, 0.15) is 5.75 Å². The van der Waals surface area contributed by atoms with Gasteiger partial charge in [0.2, 0.25) is 5.91 Å². The summed E-state index contributed by atoms with van der Waals surface area (Å²) in [5.74, 6) is 0.956. The van der Waals surface area contributed by atoms with Gasteiger partial charge in [-0.25, -0.2) is 0 Å². The van der Waals surface area contributed by atoms with Crippen molar-refractivity contribution in [1.29, 1.82) is 0 Å². The second-order valence-corrected chi connectivity index (χ2v) is 5.46. The summed E-state index contributed by atoms with van der Waals surface area (Å²) in [4.78, 5) is 11.5. The van der Waals surface area contributed by atoms with Crippen molar-refractivity contribution in [3.8, 4) is 5.75 Å². The summed E-state index contributed by atoms with van der Waals surface area (Å²) in [5.41, 5.74) is 0. The maximum absolute atomic E-state index is 11.5. The average molecular weight is 376 g/mol. The SMILES string of the molecule is CNCCCNC(=O)CCCOc1ccc(I)cc1. The second-order valence-electron chi connectivity index (χ2n) is 4.21. The first kappa shape index (κ1) is 16.2. The van der Waals surface area contributed by atoms with E-state index in [2.05, 4.69) is 33.2 Å². The fourth-order valence-electron chi connectivity index (χ4n) is 1.53. The van der Waals surface area contributed by atoms with Crippen LogP contribution < -0.4 is 15.4 Å². The molecule has 0 aromatic heterocycles. The van der Waals surface area contributed by atoms with Crippen LogP contribution in [-0.4, -0.2) is 32.7 Å². The molecule has 0 aliphatic carbocycles. The molecule has 0 aliphatic rings. The van der Waals surface area contributed by atoms with Gasteiger partial charge >= 0.3 is 0 Å². The topological polar surface area (TPSA) is 50.4 Å². The van der Waals surface area contributed by atoms with E-state index in [4.69, 9.17) is 4.74 Å². The zero-order valence-corrected chi connectivity index (χ0v) is 13.4. The van der Waals surface area contributed by atoms with E-state index >= 15 is 0 Å². The van der Waals surface area contributed by atoms with Gasteiger partial charge in [-0.1, -0.05) is 0 Å². The van der Waals surface area contributed by atoms with Crippen LogP contribution in [0.5, 0.6) is 5.75 Å². The Labute approximate surface area is 128 Å². The number of hydrogen-bond donors (Lipinski definition) is 2. The van der Waals surface area contributed by atoms with Gasteiger partial charge in [0.25, 0.3) is 0 Å². The number of carbonyl (C=O) groups excluding carboxylic acids is 1. The largest absolute Gasteiger partial charge is 0.494 e. The third-order valence-electron chi connectivity index (χ3n) is 2.56. The van der Waals surface area contributed by atoms with Gasteiger partial charge in [-0.15, -0.1) is 0 Å². The lowest BCUT2D eigenvalue weighted by Gasteiger charge is -2.07. The van der Waals surface area contributed by atoms with Gasteiger partial charge < -0.3 is 15.4 Å². The predicted molar refractivity (Wildman–Crippen MR) is 85.4 cm³/mol. The van der Waals surface area contributed by atoms with E-state index in [1.54, 1.807) is 0 Å². The predicted octanol–water partition coefficient (Wildman–Crippen LogP) is 2.18. The lowest BCUT2D eigenvalue weighted by molar-refractivity contribution is -0.121. The standard InChI is InChI=1S/C14H21IN2O2/c1-16-9-3-10-17-14(18)4-2-11-19-13-7-5-12(15)6-8-13/h5-8,16H,2-4,9-11H2,1H3,(H,17,18). The highest BCUT2D eigenvalue weighted by Gasteiger charge is 2.00. The molecule has 1 amide bonds. The molecule has 1 aromatic carbocycles. The van der Waals surface area contributed by atoms with E-state index in [0.717, 1.165) is 31.7 Å². The van der Waals surface area contributed by atoms with Crippen LogP contribution in [-0.2, 0) is 4.79 Å². The number of nitrogens with one attached hydrogen (secondary N) is 2. The minimum atomic E-state index is 0.0994. The highest BCUT2D eigenvalue weighted by molar-refractivity contribution is 14.1. The summed E-state index contributed by atoms with van der Waals surface area (Å²) in [6, 6.07) is 7.90. The van der Waals surface area contributed by atoms with Crippen molar-refractivity contribution in [3.63, 3.8) is 0 Å². The molecular formula is C14H21IN2O2. The number of hydrogen-bond acceptors (Lipinski definition) is 3. The lowest BCUT2D eigenvalue weighted by Crippen LogP contribution is -2.26. The summed E-state index contributed by atoms with van der Waals surface area (Å²) in [5, 5.41) is 5.93. The van der Waals surface area contributed by atoms with Crippen molar-refractivity contribution in [3.05, 3.63) is 27.8 Å². The summed E-state index contributed by atoms with van der Waals surface area (Å²) < 4.78 is 6.75. The third-order valence-corrected chi connectivity index (χ3v) is 3.28. The number of amides is 1. The maximum atomic E-state index is 11.5. The molecule has 0 saturated heterocycles. The monoisotopic (exact) mass is 376 g/mol. The molecule has 2 N–H and O–H groups in total. The number of halogens is 1. The summed E-state index contributed by atoms with van der Waals surface area (Å²) in [7, 11) is 1.91. The first-order chi connectivity index (χ1) is 9.22. The minimum absolute atomic E-state index is 0.0994. The van der Waals surface area contributed by atoms with E-state index in [1.807, 2.05) is 31.3 Å². The number of ether oxygens (including phenoxy) is 1. The van der Waals surface area contributed by atoms with E-state index < -0.39 is 0 Å². The number of carbonyl (C=O) groups is 1. The van der Waals surface area contributed by atoms with E-state index in [0.29, 0.717) is 13.0 Å². The maximum Gasteiger partial charge on any atom is 0.220 e. The molecule has 0 fully saturated rings. The molecule has 106 valence electrons. The van der Waals surface area contributed by atoms with Crippen LogP contribution in [0.4, 0.5) is 0 Å². The quantitative estimate of drug-likeness (QED) is 0.513. The smallest absolute Gasteiger partial charge is 0.220 e. The molecule has 0 aliphatic heterocycles. The molecule has 1 aromatic rings. The fourth-order valence-corrected chi connectivity index (χ4v) is 1.89. The molecule has 1 rings (SSSR count). The van der Waals surface area contributed by atoms with Gasteiger partial charge in [-0.05, 0) is 73.3 Å². The normalized spacial score (nSPS) is 10.2. The Morgan fingerprint density at radius 3 is 2.63 bits per heavy atom. The van der Waals surface area contributed by atoms with Crippen LogP contribution in [0.25, 0.3) is 0 Å². The van der Waals surface area contributed by atoms with E-state index in [1.165, 1.54) is 3.57 Å². The first-order valence-corrected chi connectivity index (χ1v) is 7.60. The molecular weight excluding hydrogens is 355 g/mol. The first-order valence-electron chi connectivity index (χ1n) is 6.52. The van der Waals surface area contributed by atoms with Gasteiger partial charge in [-0.3, -0.25) is 4.79 Å². The van der Waals surface area contributed by atoms with Crippen LogP contribution >= 0.6 is 22.6 Å². The Morgan fingerprint density at radius 1 is 1.21 bits per heavy atom. The minimum Gasteiger partial charge on any atom is -0.494 e. The third kappa shape index (κ3) is 8.05. The molecule has 0 radical (unpaired) electrons. The van der Waals surface area contributed by atoms with Crippen molar-refractivity contribution in [2.45, 2.75) is 19.3 Å². The highest BCUT2D eigenvalue weighted by Crippen LogP contribution is 2.13. The Balaban J connectivity index is 2.03. The van der Waals surface area contributed by atoms with Crippen molar-refractivity contribution in [2.24, 2.45) is 0 Å². The van der Waals surface area contributed by atoms with Gasteiger partial charge in [0.05, 0.1) is 6.61 Å². The van der Waals surface area contributed by atoms with Crippen LogP contribution in [0.2, 0.25) is 0 Å². The Hall–Kier alpha value is -0.820. The van der Waals surface area contributed by atoms with Gasteiger partial charge in [0, 0.05) is 16.5 Å². The number of benzene rings is 1. The van der Waals surface area contributed by atoms with Gasteiger partial charge in [-0.2, -0.15) is 0 Å². The lowest BCUT2D eigenvalue weighted by atomic mass is 10.3. The average Bonchev–Trinajstić information content (AvgIpc) is 2.42. The fraction of sp³-hybridized carbons (Fsp3) is 0.500. The van der Waals surface area contributed by atoms with Crippen molar-refractivity contribution in [2.75, 3.05) is 26.7 Å². The highest BCUT2D eigenvalue weighted by atomic mass is 127. The summed E-state index contributed by atoms with van der Waals surface area (Å²) in [6.45, 7) is 2.23. The van der Waals surface area contributed by atoms with E-state index in [-0.39, 0.29) is 5.91 Å². The molecule has 19 heavy (non-hydrogen) atoms. The van der Waals surface area contributed by atoms with Crippen LogP contribution in [0.15, 0.2) is 24.3 Å². The summed E-state index contributed by atoms with van der Waals surface area (Å²) >= 11 is 2.26. The molecule has 4 nitrogen and oxygen atoms in total. The summed E-state index contributed by atoms with van der Waals surface area (Å²) in [6.07, 6.45) is 2.22. The molecule has 0 saturated carbocycles. The van der Waals surface area contributed by atoms with Crippen molar-refractivity contribution >= 4 is 28.5 Å². The Bertz CT molecular complexity index is 368.